The van der Waals surface area contributed by atoms with Crippen LogP contribution in [0.1, 0.15) is 102 Å². The molecule has 1 unspecified atom stereocenters. The molecule has 250 valence electrons. The van der Waals surface area contributed by atoms with Crippen LogP contribution in [0.5, 0.6) is 0 Å². The number of nitrogens with zero attached hydrogens (tertiary/aromatic N) is 6. The van der Waals surface area contributed by atoms with Gasteiger partial charge in [-0.15, -0.1) is 0 Å². The molecule has 1 atom stereocenters. The fourth-order valence-electron chi connectivity index (χ4n) is 8.30. The number of amides is 1. The molecule has 11 heteroatoms. The molecule has 3 saturated heterocycles. The predicted octanol–water partition coefficient (Wildman–Crippen LogP) is 7.16. The highest BCUT2D eigenvalue weighted by molar-refractivity contribution is 6.36. The van der Waals surface area contributed by atoms with Gasteiger partial charge in [-0.1, -0.05) is 24.4 Å². The van der Waals surface area contributed by atoms with E-state index in [9.17, 15) is 4.79 Å². The number of benzene rings is 1. The van der Waals surface area contributed by atoms with E-state index in [1.807, 2.05) is 31.9 Å². The summed E-state index contributed by atoms with van der Waals surface area (Å²) in [6.45, 7) is 14.9. The molecule has 3 aliphatic heterocycles. The molecule has 4 aliphatic rings. The lowest BCUT2D eigenvalue weighted by molar-refractivity contribution is -0.0366. The lowest BCUT2D eigenvalue weighted by Gasteiger charge is -2.46. The Labute approximate surface area is 277 Å². The lowest BCUT2D eigenvalue weighted by atomic mass is 9.91. The van der Waals surface area contributed by atoms with Crippen molar-refractivity contribution in [3.05, 3.63) is 28.5 Å². The van der Waals surface area contributed by atoms with Crippen LogP contribution >= 0.6 is 11.6 Å². The Morgan fingerprint density at radius 3 is 2.50 bits per heavy atom. The average molecular weight is 652 g/mol. The van der Waals surface area contributed by atoms with Crippen LogP contribution in [0.25, 0.3) is 22.0 Å². The zero-order valence-electron chi connectivity index (χ0n) is 28.2. The van der Waals surface area contributed by atoms with Crippen molar-refractivity contribution in [3.8, 4) is 11.1 Å². The number of hydrogen-bond acceptors (Lipinski definition) is 7. The molecular formula is C35H50ClN7O3. The second-order valence-electron chi connectivity index (χ2n) is 14.9. The maximum Gasteiger partial charge on any atom is 0.410 e. The maximum atomic E-state index is 12.9. The van der Waals surface area contributed by atoms with Gasteiger partial charge in [-0.3, -0.25) is 4.68 Å². The molecule has 1 aromatic carbocycles. The molecule has 1 saturated carbocycles. The van der Waals surface area contributed by atoms with E-state index in [2.05, 4.69) is 39.5 Å². The summed E-state index contributed by atoms with van der Waals surface area (Å²) in [4.78, 5) is 17.3. The van der Waals surface area contributed by atoms with E-state index in [0.29, 0.717) is 13.1 Å². The van der Waals surface area contributed by atoms with Gasteiger partial charge in [-0.05, 0) is 91.2 Å². The third kappa shape index (κ3) is 5.68. The van der Waals surface area contributed by atoms with Gasteiger partial charge in [-0.2, -0.15) is 10.2 Å². The first kappa shape index (κ1) is 31.8. The van der Waals surface area contributed by atoms with Gasteiger partial charge in [0, 0.05) is 61.5 Å². The highest BCUT2D eigenvalue weighted by Gasteiger charge is 2.44. The monoisotopic (exact) mass is 651 g/mol. The van der Waals surface area contributed by atoms with Crippen LogP contribution in [0.4, 0.5) is 10.6 Å². The highest BCUT2D eigenvalue weighted by Crippen LogP contribution is 2.48. The van der Waals surface area contributed by atoms with Crippen molar-refractivity contribution in [2.24, 2.45) is 0 Å². The van der Waals surface area contributed by atoms with Gasteiger partial charge in [0.1, 0.15) is 5.60 Å². The van der Waals surface area contributed by atoms with Crippen molar-refractivity contribution in [2.45, 2.75) is 116 Å². The van der Waals surface area contributed by atoms with Crippen molar-refractivity contribution >= 4 is 34.4 Å². The number of fused-ring (bicyclic) bond motifs is 1. The summed E-state index contributed by atoms with van der Waals surface area (Å²) >= 11 is 7.34. The molecule has 0 radical (unpaired) electrons. The number of anilines is 1. The van der Waals surface area contributed by atoms with Crippen LogP contribution in [0, 0.1) is 13.8 Å². The van der Waals surface area contributed by atoms with Crippen LogP contribution < -0.4 is 10.2 Å². The normalized spacial score (nSPS) is 22.7. The zero-order valence-corrected chi connectivity index (χ0v) is 29.0. The third-order valence-electron chi connectivity index (χ3n) is 10.6. The molecule has 1 N–H and O–H groups in total. The molecule has 1 amide bonds. The second-order valence-corrected chi connectivity index (χ2v) is 15.3. The van der Waals surface area contributed by atoms with Crippen LogP contribution in [0.15, 0.2) is 12.3 Å². The number of rotatable bonds is 4. The number of halogens is 1. The highest BCUT2D eigenvalue weighted by atomic mass is 35.5. The van der Waals surface area contributed by atoms with Crippen molar-refractivity contribution in [2.75, 3.05) is 44.2 Å². The zero-order chi connectivity index (χ0) is 32.2. The quantitative estimate of drug-likeness (QED) is 0.320. The van der Waals surface area contributed by atoms with Gasteiger partial charge < -0.3 is 24.6 Å². The smallest absolute Gasteiger partial charge is 0.410 e. The van der Waals surface area contributed by atoms with Crippen LogP contribution in [-0.2, 0) is 9.47 Å². The molecule has 3 aromatic rings. The Morgan fingerprint density at radius 2 is 1.80 bits per heavy atom. The summed E-state index contributed by atoms with van der Waals surface area (Å²) in [5.74, 6) is 1.03. The molecule has 1 aliphatic carbocycles. The molecule has 5 heterocycles. The first-order valence-electron chi connectivity index (χ1n) is 17.4. The molecule has 4 fully saturated rings. The standard InChI is InChI=1S/C35H50ClN7O3/c1-23-20-27-26(21-38-43(27)28-10-6-9-19-45-28)30(31(23)36)29-24(2)42(25-11-16-40(17-12-25)33(44)46-34(3,4)5)39-32(29)41-18-15-37-22-35(41)13-7-8-14-35/h20-21,25,28,37H,6-19,22H2,1-5H3. The number of carbonyl (C=O) groups excluding carboxylic acids is 1. The second kappa shape index (κ2) is 12.3. The van der Waals surface area contributed by atoms with Gasteiger partial charge in [0.2, 0.25) is 0 Å². The topological polar surface area (TPSA) is 89.7 Å². The fraction of sp³-hybridized carbons (Fsp3) is 0.686. The van der Waals surface area contributed by atoms with E-state index in [4.69, 9.17) is 31.3 Å². The Bertz CT molecular complexity index is 1590. The lowest BCUT2D eigenvalue weighted by Crippen LogP contribution is -2.60. The first-order chi connectivity index (χ1) is 22.1. The minimum Gasteiger partial charge on any atom is -0.444 e. The van der Waals surface area contributed by atoms with Gasteiger partial charge in [0.15, 0.2) is 12.0 Å². The molecule has 7 rings (SSSR count). The Morgan fingerprint density at radius 1 is 1.04 bits per heavy atom. The van der Waals surface area contributed by atoms with Crippen molar-refractivity contribution < 1.29 is 14.3 Å². The largest absolute Gasteiger partial charge is 0.444 e. The number of carbonyl (C=O) groups is 1. The van der Waals surface area contributed by atoms with E-state index in [1.54, 1.807) is 0 Å². The number of likely N-dealkylation sites (tertiary alicyclic amines) is 1. The van der Waals surface area contributed by atoms with Gasteiger partial charge >= 0.3 is 6.09 Å². The van der Waals surface area contributed by atoms with E-state index >= 15 is 0 Å². The summed E-state index contributed by atoms with van der Waals surface area (Å²) < 4.78 is 16.2. The molecule has 10 nitrogen and oxygen atoms in total. The summed E-state index contributed by atoms with van der Waals surface area (Å²) in [5, 5.41) is 15.9. The SMILES string of the molecule is Cc1cc2c(cnn2C2CCCCO2)c(-c2c(N3CCNCC34CCCC4)nn(C3CCN(C(=O)OC(C)(C)C)CC3)c2C)c1Cl. The summed E-state index contributed by atoms with van der Waals surface area (Å²) in [6, 6.07) is 2.34. The third-order valence-corrected chi connectivity index (χ3v) is 11.1. The number of piperazine rings is 1. The fourth-order valence-corrected chi connectivity index (χ4v) is 8.55. The number of ether oxygens (including phenoxy) is 2. The summed E-state index contributed by atoms with van der Waals surface area (Å²) in [6.07, 6.45) is 11.3. The van der Waals surface area contributed by atoms with E-state index in [1.165, 1.54) is 12.8 Å². The van der Waals surface area contributed by atoms with Crippen molar-refractivity contribution in [3.63, 3.8) is 0 Å². The minimum atomic E-state index is -0.509. The molecule has 0 bridgehead atoms. The molecule has 2 aromatic heterocycles. The van der Waals surface area contributed by atoms with Crippen molar-refractivity contribution in [1.29, 1.82) is 0 Å². The number of piperidine rings is 1. The van der Waals surface area contributed by atoms with Gasteiger partial charge in [0.05, 0.1) is 28.3 Å². The van der Waals surface area contributed by atoms with Gasteiger partial charge in [0.25, 0.3) is 0 Å². The van der Waals surface area contributed by atoms with Crippen LogP contribution in [-0.4, -0.2) is 81.0 Å². The molecule has 1 spiro atoms. The summed E-state index contributed by atoms with van der Waals surface area (Å²) in [5.41, 5.74) is 4.89. The van der Waals surface area contributed by atoms with E-state index in [0.717, 1.165) is 115 Å². The number of nitrogens with one attached hydrogen (secondary N) is 1. The molecular weight excluding hydrogens is 602 g/mol. The van der Waals surface area contributed by atoms with Crippen LogP contribution in [0.3, 0.4) is 0 Å². The average Bonchev–Trinajstić information content (AvgIpc) is 3.76. The predicted molar refractivity (Wildman–Crippen MR) is 182 cm³/mol. The summed E-state index contributed by atoms with van der Waals surface area (Å²) in [7, 11) is 0. The number of aromatic nitrogens is 4. The van der Waals surface area contributed by atoms with Crippen LogP contribution in [0.2, 0.25) is 5.02 Å². The first-order valence-corrected chi connectivity index (χ1v) is 17.8. The Hall–Kier alpha value is -2.82. The number of hydrogen-bond donors (Lipinski definition) is 1. The van der Waals surface area contributed by atoms with E-state index < -0.39 is 5.60 Å². The maximum absolute atomic E-state index is 12.9. The Balaban J connectivity index is 1.33. The Kier molecular flexibility index (Phi) is 8.51. The minimum absolute atomic E-state index is 0.0498. The number of aryl methyl sites for hydroxylation is 1. The van der Waals surface area contributed by atoms with Gasteiger partial charge in [-0.25, -0.2) is 9.48 Å². The molecule has 46 heavy (non-hydrogen) atoms. The van der Waals surface area contributed by atoms with Crippen molar-refractivity contribution in [1.82, 2.24) is 29.8 Å². The van der Waals surface area contributed by atoms with E-state index in [-0.39, 0.29) is 23.9 Å².